The Balaban J connectivity index is 0.000000419. The fraction of sp³-hybridized carbons (Fsp3) is 0.333. The van der Waals surface area contributed by atoms with Crippen molar-refractivity contribution >= 4 is 12.6 Å². The molecule has 0 aliphatic rings. The molecule has 0 radical (unpaired) electrons. The average molecular weight is 380 g/mol. The maximum atomic E-state index is 10.4. The molecule has 0 saturated carbocycles. The van der Waals surface area contributed by atoms with Crippen LogP contribution < -0.4 is 10.3 Å². The Hall–Kier alpha value is -2.88. The number of carbonyl (C=O) groups is 2. The minimum atomic E-state index is -0.194. The van der Waals surface area contributed by atoms with Crippen LogP contribution >= 0.6 is 0 Å². The number of nitrogens with zero attached hydrogens (tertiary/aromatic N) is 1. The molecule has 0 aliphatic heterocycles. The monoisotopic (exact) mass is 380 g/mol. The van der Waals surface area contributed by atoms with Crippen molar-refractivity contribution in [2.45, 2.75) is 12.8 Å². The van der Waals surface area contributed by atoms with Crippen LogP contribution in [0.25, 0.3) is 0 Å². The smallest absolute Gasteiger partial charge is 0.247 e. The molecule has 4 N–H and O–H groups in total. The lowest BCUT2D eigenvalue weighted by Gasteiger charge is -2.02. The summed E-state index contributed by atoms with van der Waals surface area (Å²) in [7, 11) is 0. The van der Waals surface area contributed by atoms with Crippen molar-refractivity contribution in [2.75, 3.05) is 26.4 Å². The van der Waals surface area contributed by atoms with Crippen molar-refractivity contribution in [1.82, 2.24) is 9.97 Å². The molecule has 9 heteroatoms. The number of hydrogen-bond donors (Lipinski definition) is 4. The van der Waals surface area contributed by atoms with Crippen molar-refractivity contribution in [1.29, 1.82) is 0 Å². The first-order valence-electron chi connectivity index (χ1n) is 8.11. The van der Waals surface area contributed by atoms with Gasteiger partial charge in [-0.05, 0) is 18.6 Å². The third-order valence-electron chi connectivity index (χ3n) is 2.71. The molecule has 148 valence electrons. The molecule has 0 amide bonds. The van der Waals surface area contributed by atoms with E-state index < -0.39 is 0 Å². The predicted octanol–water partition coefficient (Wildman–Crippen LogP) is 0.204. The number of aromatic amines is 1. The van der Waals surface area contributed by atoms with Gasteiger partial charge in [0.05, 0.1) is 6.61 Å². The molecule has 2 rings (SSSR count). The van der Waals surface area contributed by atoms with Gasteiger partial charge in [0.1, 0.15) is 0 Å². The number of ether oxygens (including phenoxy) is 1. The van der Waals surface area contributed by atoms with E-state index in [0.717, 1.165) is 6.29 Å². The van der Waals surface area contributed by atoms with Crippen LogP contribution in [0.2, 0.25) is 0 Å². The molecule has 0 saturated heterocycles. The standard InChI is InChI=1S/C9H11NO3.C6H5NO2.C3H8O2/c11-4-1-5-13-9-3-2-8(7-12)6-10-9;8-4-5-1-2-6(9)7-3-5;4-2-1-3-5/h2-3,6-7,11H,1,4-5H2;1-4H,(H,7,9);4-5H,1-3H2. The van der Waals surface area contributed by atoms with Gasteiger partial charge in [0.15, 0.2) is 12.6 Å². The van der Waals surface area contributed by atoms with Crippen molar-refractivity contribution < 1.29 is 29.6 Å². The summed E-state index contributed by atoms with van der Waals surface area (Å²) in [5.74, 6) is 0.471. The molecule has 0 aliphatic carbocycles. The Morgan fingerprint density at radius 1 is 0.926 bits per heavy atom. The summed E-state index contributed by atoms with van der Waals surface area (Å²) in [6.07, 6.45) is 5.30. The van der Waals surface area contributed by atoms with Gasteiger partial charge in [-0.25, -0.2) is 4.98 Å². The SMILES string of the molecule is O=Cc1ccc(=O)[nH]c1.O=Cc1ccc(OCCCO)nc1.OCCCO. The van der Waals surface area contributed by atoms with Crippen LogP contribution in [0.15, 0.2) is 41.5 Å². The number of aromatic nitrogens is 2. The van der Waals surface area contributed by atoms with E-state index in [1.807, 2.05) is 0 Å². The summed E-state index contributed by atoms with van der Waals surface area (Å²) in [5.41, 5.74) is 0.810. The maximum absolute atomic E-state index is 10.4. The number of carbonyl (C=O) groups excluding carboxylic acids is 2. The number of aldehydes is 2. The summed E-state index contributed by atoms with van der Waals surface area (Å²) in [4.78, 5) is 36.9. The van der Waals surface area contributed by atoms with Gasteiger partial charge >= 0.3 is 0 Å². The molecule has 0 aromatic carbocycles. The Kier molecular flexibility index (Phi) is 14.8. The lowest BCUT2D eigenvalue weighted by molar-refractivity contribution is 0.111. The zero-order chi connectivity index (χ0) is 20.3. The van der Waals surface area contributed by atoms with Crippen molar-refractivity contribution in [2.24, 2.45) is 0 Å². The lowest BCUT2D eigenvalue weighted by Crippen LogP contribution is -2.01. The topological polar surface area (TPSA) is 150 Å². The molecular weight excluding hydrogens is 356 g/mol. The summed E-state index contributed by atoms with van der Waals surface area (Å²) >= 11 is 0. The molecular formula is C18H24N2O7. The van der Waals surface area contributed by atoms with Gasteiger partial charge in [0, 0.05) is 61.9 Å². The second kappa shape index (κ2) is 16.6. The molecule has 0 bridgehead atoms. The van der Waals surface area contributed by atoms with E-state index in [1.165, 1.54) is 24.5 Å². The normalized spacial score (nSPS) is 9.15. The summed E-state index contributed by atoms with van der Waals surface area (Å²) < 4.78 is 5.16. The van der Waals surface area contributed by atoms with E-state index in [0.29, 0.717) is 42.7 Å². The van der Waals surface area contributed by atoms with Gasteiger partial charge < -0.3 is 25.0 Å². The third-order valence-corrected chi connectivity index (χ3v) is 2.71. The van der Waals surface area contributed by atoms with Crippen molar-refractivity contribution in [3.8, 4) is 5.88 Å². The largest absolute Gasteiger partial charge is 0.478 e. The number of rotatable bonds is 8. The average Bonchev–Trinajstić information content (AvgIpc) is 2.71. The quantitative estimate of drug-likeness (QED) is 0.375. The second-order valence-electron chi connectivity index (χ2n) is 4.88. The minimum absolute atomic E-state index is 0.0938. The van der Waals surface area contributed by atoms with E-state index in [-0.39, 0.29) is 25.4 Å². The van der Waals surface area contributed by atoms with E-state index in [1.54, 1.807) is 12.1 Å². The number of pyridine rings is 2. The summed E-state index contributed by atoms with van der Waals surface area (Å²) in [6, 6.07) is 6.03. The molecule has 0 fully saturated rings. The zero-order valence-electron chi connectivity index (χ0n) is 14.8. The van der Waals surface area contributed by atoms with Crippen LogP contribution in [0.3, 0.4) is 0 Å². The van der Waals surface area contributed by atoms with E-state index >= 15 is 0 Å². The Bertz CT molecular complexity index is 664. The molecule has 2 aromatic heterocycles. The number of aliphatic hydroxyl groups excluding tert-OH is 3. The van der Waals surface area contributed by atoms with Gasteiger partial charge in [-0.2, -0.15) is 0 Å². The second-order valence-corrected chi connectivity index (χ2v) is 4.88. The molecule has 9 nitrogen and oxygen atoms in total. The maximum Gasteiger partial charge on any atom is 0.247 e. The molecule has 0 unspecified atom stereocenters. The Morgan fingerprint density at radius 2 is 1.56 bits per heavy atom. The van der Waals surface area contributed by atoms with Crippen LogP contribution in [-0.2, 0) is 0 Å². The highest BCUT2D eigenvalue weighted by atomic mass is 16.5. The fourth-order valence-corrected chi connectivity index (χ4v) is 1.35. The van der Waals surface area contributed by atoms with Crippen molar-refractivity contribution in [3.63, 3.8) is 0 Å². The molecule has 2 heterocycles. The van der Waals surface area contributed by atoms with Gasteiger partial charge in [0.2, 0.25) is 11.4 Å². The van der Waals surface area contributed by atoms with Crippen LogP contribution in [0.4, 0.5) is 0 Å². The Labute approximate surface area is 156 Å². The van der Waals surface area contributed by atoms with Gasteiger partial charge in [-0.1, -0.05) is 0 Å². The van der Waals surface area contributed by atoms with Gasteiger partial charge in [0.25, 0.3) is 0 Å². The number of aliphatic hydroxyl groups is 3. The van der Waals surface area contributed by atoms with Gasteiger partial charge in [-0.3, -0.25) is 14.4 Å². The highest BCUT2D eigenvalue weighted by Crippen LogP contribution is 2.06. The molecule has 27 heavy (non-hydrogen) atoms. The molecule has 0 spiro atoms. The van der Waals surface area contributed by atoms with Gasteiger partial charge in [-0.15, -0.1) is 0 Å². The molecule has 0 atom stereocenters. The van der Waals surface area contributed by atoms with Crippen molar-refractivity contribution in [3.05, 3.63) is 58.1 Å². The highest BCUT2D eigenvalue weighted by Gasteiger charge is 1.95. The number of nitrogens with one attached hydrogen (secondary N) is 1. The van der Waals surface area contributed by atoms with E-state index in [4.69, 9.17) is 20.1 Å². The first-order chi connectivity index (χ1) is 13.1. The Morgan fingerprint density at radius 3 is 1.96 bits per heavy atom. The predicted molar refractivity (Wildman–Crippen MR) is 98.1 cm³/mol. The first-order valence-corrected chi connectivity index (χ1v) is 8.11. The van der Waals surface area contributed by atoms with Crippen LogP contribution in [0.1, 0.15) is 33.6 Å². The highest BCUT2D eigenvalue weighted by molar-refractivity contribution is 5.74. The lowest BCUT2D eigenvalue weighted by atomic mass is 10.3. The summed E-state index contributed by atoms with van der Waals surface area (Å²) in [5, 5.41) is 24.3. The molecule has 2 aromatic rings. The van der Waals surface area contributed by atoms with Crippen LogP contribution in [0, 0.1) is 0 Å². The van der Waals surface area contributed by atoms with Crippen LogP contribution in [-0.4, -0.2) is 64.3 Å². The number of H-pyrrole nitrogens is 1. The number of hydrogen-bond acceptors (Lipinski definition) is 8. The minimum Gasteiger partial charge on any atom is -0.478 e. The summed E-state index contributed by atoms with van der Waals surface area (Å²) in [6.45, 7) is 0.726. The zero-order valence-corrected chi connectivity index (χ0v) is 14.8. The third kappa shape index (κ3) is 13.0. The van der Waals surface area contributed by atoms with Crippen LogP contribution in [0.5, 0.6) is 5.88 Å². The van der Waals surface area contributed by atoms with E-state index in [9.17, 15) is 14.4 Å². The fourth-order valence-electron chi connectivity index (χ4n) is 1.35. The van der Waals surface area contributed by atoms with E-state index in [2.05, 4.69) is 9.97 Å². The first kappa shape index (κ1) is 24.1.